The van der Waals surface area contributed by atoms with Gasteiger partial charge >= 0.3 is 0 Å². The molecule has 0 aliphatic heterocycles. The molecule has 0 radical (unpaired) electrons. The van der Waals surface area contributed by atoms with Gasteiger partial charge in [-0.1, -0.05) is 29.3 Å². The van der Waals surface area contributed by atoms with Crippen LogP contribution in [0.4, 0.5) is 10.8 Å². The van der Waals surface area contributed by atoms with Crippen molar-refractivity contribution in [3.05, 3.63) is 39.3 Å². The number of carbonyl (C=O) groups is 2. The number of rotatable bonds is 8. The summed E-state index contributed by atoms with van der Waals surface area (Å²) in [5.41, 5.74) is 0.813. The normalized spacial score (nSPS) is 11.9. The van der Waals surface area contributed by atoms with Crippen molar-refractivity contribution in [3.8, 4) is 0 Å². The number of nitrogens with zero attached hydrogens (tertiary/aromatic N) is 2. The van der Waals surface area contributed by atoms with Crippen molar-refractivity contribution in [2.24, 2.45) is 0 Å². The summed E-state index contributed by atoms with van der Waals surface area (Å²) >= 11 is 13.4. The average molecular weight is 430 g/mol. The van der Waals surface area contributed by atoms with Crippen LogP contribution in [0, 0.1) is 0 Å². The molecule has 3 N–H and O–H groups in total. The Labute approximate surface area is 172 Å². The molecule has 27 heavy (non-hydrogen) atoms. The highest BCUT2D eigenvalue weighted by Crippen LogP contribution is 2.32. The van der Waals surface area contributed by atoms with E-state index in [9.17, 15) is 9.59 Å². The molecule has 1 aromatic carbocycles. The minimum absolute atomic E-state index is 0.216. The van der Waals surface area contributed by atoms with E-state index in [0.717, 1.165) is 6.54 Å². The van der Waals surface area contributed by atoms with Crippen molar-refractivity contribution in [3.63, 3.8) is 0 Å². The van der Waals surface area contributed by atoms with E-state index in [1.807, 2.05) is 19.0 Å². The molecule has 1 aromatic heterocycles. The van der Waals surface area contributed by atoms with Gasteiger partial charge in [0.15, 0.2) is 5.13 Å². The van der Waals surface area contributed by atoms with E-state index in [2.05, 4.69) is 20.9 Å². The van der Waals surface area contributed by atoms with Crippen LogP contribution in [0.5, 0.6) is 0 Å². The number of halogens is 2. The van der Waals surface area contributed by atoms with E-state index in [-0.39, 0.29) is 11.6 Å². The number of benzene rings is 1. The predicted molar refractivity (Wildman–Crippen MR) is 110 cm³/mol. The van der Waals surface area contributed by atoms with E-state index in [1.54, 1.807) is 30.5 Å². The first-order valence-corrected chi connectivity index (χ1v) is 9.81. The van der Waals surface area contributed by atoms with Crippen LogP contribution < -0.4 is 16.0 Å². The monoisotopic (exact) mass is 429 g/mol. The van der Waals surface area contributed by atoms with Crippen molar-refractivity contribution in [1.29, 1.82) is 0 Å². The third-order valence-electron chi connectivity index (χ3n) is 3.53. The van der Waals surface area contributed by atoms with Crippen LogP contribution in [-0.4, -0.2) is 54.9 Å². The van der Waals surface area contributed by atoms with Crippen LogP contribution >= 0.6 is 34.5 Å². The van der Waals surface area contributed by atoms with Crippen molar-refractivity contribution in [2.45, 2.75) is 13.0 Å². The molecule has 2 amide bonds. The topological polar surface area (TPSA) is 86.4 Å². The number of nitrogens with one attached hydrogen (secondary N) is 3. The number of thiazole rings is 1. The predicted octanol–water partition coefficient (Wildman–Crippen LogP) is 2.99. The molecule has 0 saturated carbocycles. The van der Waals surface area contributed by atoms with Crippen molar-refractivity contribution in [2.75, 3.05) is 32.5 Å². The zero-order valence-corrected chi connectivity index (χ0v) is 17.5. The maximum absolute atomic E-state index is 12.3. The second-order valence-electron chi connectivity index (χ2n) is 6.05. The Bertz CT molecular complexity index is 812. The summed E-state index contributed by atoms with van der Waals surface area (Å²) < 4.78 is 0. The second kappa shape index (κ2) is 9.89. The number of carbonyl (C=O) groups excluding carboxylic acids is 2. The number of amides is 2. The third kappa shape index (κ3) is 6.35. The molecule has 7 nitrogen and oxygen atoms in total. The molecular formula is C17H21Cl2N5O2S. The molecular weight excluding hydrogens is 409 g/mol. The molecule has 146 valence electrons. The highest BCUT2D eigenvalue weighted by atomic mass is 35.5. The SMILES string of the molecule is CC(NC(=O)c1csc(Nc2cccc(Cl)c2Cl)n1)C(=O)NCCN(C)C. The van der Waals surface area contributed by atoms with Gasteiger partial charge in [0.2, 0.25) is 5.91 Å². The van der Waals surface area contributed by atoms with E-state index >= 15 is 0 Å². The number of aromatic nitrogens is 1. The highest BCUT2D eigenvalue weighted by Gasteiger charge is 2.18. The largest absolute Gasteiger partial charge is 0.353 e. The lowest BCUT2D eigenvalue weighted by Crippen LogP contribution is -2.46. The molecule has 1 atom stereocenters. The maximum atomic E-state index is 12.3. The van der Waals surface area contributed by atoms with Crippen molar-refractivity contribution in [1.82, 2.24) is 20.5 Å². The summed E-state index contributed by atoms with van der Waals surface area (Å²) in [6, 6.07) is 4.53. The number of anilines is 2. The molecule has 0 fully saturated rings. The van der Waals surface area contributed by atoms with Crippen LogP contribution in [0.2, 0.25) is 10.0 Å². The van der Waals surface area contributed by atoms with E-state index in [1.165, 1.54) is 11.3 Å². The standard InChI is InChI=1S/C17H21Cl2N5O2S/c1-10(15(25)20-7-8-24(2)3)21-16(26)13-9-27-17(23-13)22-12-6-4-5-11(18)14(12)19/h4-6,9-10H,7-8H2,1-3H3,(H,20,25)(H,21,26)(H,22,23). The number of likely N-dealkylation sites (N-methyl/N-ethyl adjacent to an activating group) is 1. The van der Waals surface area contributed by atoms with Gasteiger partial charge in [0, 0.05) is 18.5 Å². The molecule has 1 unspecified atom stereocenters. The van der Waals surface area contributed by atoms with E-state index in [4.69, 9.17) is 23.2 Å². The summed E-state index contributed by atoms with van der Waals surface area (Å²) in [7, 11) is 3.84. The third-order valence-corrected chi connectivity index (χ3v) is 5.11. The fourth-order valence-corrected chi connectivity index (χ4v) is 3.09. The number of hydrogen-bond acceptors (Lipinski definition) is 6. The molecule has 0 bridgehead atoms. The van der Waals surface area contributed by atoms with Crippen LogP contribution in [-0.2, 0) is 4.79 Å². The van der Waals surface area contributed by atoms with Gasteiger partial charge in [0.05, 0.1) is 15.7 Å². The lowest BCUT2D eigenvalue weighted by Gasteiger charge is -2.15. The van der Waals surface area contributed by atoms with Gasteiger partial charge < -0.3 is 20.9 Å². The molecule has 1 heterocycles. The summed E-state index contributed by atoms with van der Waals surface area (Å²) in [6.45, 7) is 2.86. The van der Waals surface area contributed by atoms with Gasteiger partial charge in [-0.15, -0.1) is 11.3 Å². The maximum Gasteiger partial charge on any atom is 0.271 e. The smallest absolute Gasteiger partial charge is 0.271 e. The fraction of sp³-hybridized carbons (Fsp3) is 0.353. The molecule has 2 aromatic rings. The Kier molecular flexibility index (Phi) is 7.85. The second-order valence-corrected chi connectivity index (χ2v) is 7.70. The Morgan fingerprint density at radius 3 is 2.74 bits per heavy atom. The van der Waals surface area contributed by atoms with Gasteiger partial charge in [0.25, 0.3) is 5.91 Å². The Balaban J connectivity index is 1.92. The van der Waals surface area contributed by atoms with Crippen molar-refractivity contribution < 1.29 is 9.59 Å². The molecule has 10 heteroatoms. The van der Waals surface area contributed by atoms with Crippen LogP contribution in [0.15, 0.2) is 23.6 Å². The summed E-state index contributed by atoms with van der Waals surface area (Å²) in [6.07, 6.45) is 0. The zero-order chi connectivity index (χ0) is 20.0. The summed E-state index contributed by atoms with van der Waals surface area (Å²) in [5, 5.41) is 11.3. The van der Waals surface area contributed by atoms with Gasteiger partial charge in [-0.25, -0.2) is 4.98 Å². The van der Waals surface area contributed by atoms with E-state index in [0.29, 0.717) is 27.4 Å². The fourth-order valence-electron chi connectivity index (χ4n) is 2.04. The molecule has 0 aliphatic rings. The van der Waals surface area contributed by atoms with Crippen LogP contribution in [0.25, 0.3) is 0 Å². The van der Waals surface area contributed by atoms with E-state index < -0.39 is 11.9 Å². The summed E-state index contributed by atoms with van der Waals surface area (Å²) in [5.74, 6) is -0.670. The molecule has 0 saturated heterocycles. The number of hydrogen-bond donors (Lipinski definition) is 3. The van der Waals surface area contributed by atoms with Gasteiger partial charge in [-0.3, -0.25) is 9.59 Å². The Morgan fingerprint density at radius 1 is 1.30 bits per heavy atom. The van der Waals surface area contributed by atoms with Gasteiger partial charge in [-0.2, -0.15) is 0 Å². The first-order chi connectivity index (χ1) is 12.8. The van der Waals surface area contributed by atoms with Gasteiger partial charge in [0.1, 0.15) is 11.7 Å². The minimum atomic E-state index is -0.667. The average Bonchev–Trinajstić information content (AvgIpc) is 3.07. The Morgan fingerprint density at radius 2 is 2.04 bits per heavy atom. The van der Waals surface area contributed by atoms with Crippen LogP contribution in [0.1, 0.15) is 17.4 Å². The lowest BCUT2D eigenvalue weighted by atomic mass is 10.3. The summed E-state index contributed by atoms with van der Waals surface area (Å²) in [4.78, 5) is 30.5. The Hall–Kier alpha value is -1.87. The lowest BCUT2D eigenvalue weighted by molar-refractivity contribution is -0.122. The first-order valence-electron chi connectivity index (χ1n) is 8.17. The highest BCUT2D eigenvalue weighted by molar-refractivity contribution is 7.14. The molecule has 0 aliphatic carbocycles. The minimum Gasteiger partial charge on any atom is -0.353 e. The van der Waals surface area contributed by atoms with Crippen molar-refractivity contribution >= 4 is 57.2 Å². The first kappa shape index (κ1) is 21.4. The zero-order valence-electron chi connectivity index (χ0n) is 15.2. The molecule has 2 rings (SSSR count). The molecule has 0 spiro atoms. The van der Waals surface area contributed by atoms with Crippen LogP contribution in [0.3, 0.4) is 0 Å². The van der Waals surface area contributed by atoms with Gasteiger partial charge in [-0.05, 0) is 33.2 Å². The quantitative estimate of drug-likeness (QED) is 0.600.